The van der Waals surface area contributed by atoms with Gasteiger partial charge in [0.1, 0.15) is 5.82 Å². The Labute approximate surface area is 75.4 Å². The van der Waals surface area contributed by atoms with Crippen LogP contribution >= 0.6 is 0 Å². The number of hydrogen-bond acceptors (Lipinski definition) is 1. The Bertz CT molecular complexity index is 382. The first-order valence-corrected chi connectivity index (χ1v) is 4.07. The van der Waals surface area contributed by atoms with Crippen molar-refractivity contribution < 1.29 is 4.39 Å². The van der Waals surface area contributed by atoms with Crippen LogP contribution in [0.2, 0.25) is 0 Å². The fraction of sp³-hybridized carbons (Fsp3) is 0.100. The van der Waals surface area contributed by atoms with Crippen molar-refractivity contribution >= 4 is 0 Å². The predicted molar refractivity (Wildman–Crippen MR) is 47.8 cm³/mol. The van der Waals surface area contributed by atoms with E-state index in [9.17, 15) is 4.39 Å². The Morgan fingerprint density at radius 2 is 2.23 bits per heavy atom. The van der Waals surface area contributed by atoms with Gasteiger partial charge in [0, 0.05) is 12.6 Å². The van der Waals surface area contributed by atoms with Crippen molar-refractivity contribution in [1.82, 2.24) is 10.2 Å². The monoisotopic (exact) mass is 176 g/mol. The van der Waals surface area contributed by atoms with E-state index < -0.39 is 0 Å². The van der Waals surface area contributed by atoms with Crippen molar-refractivity contribution in [1.29, 1.82) is 0 Å². The summed E-state index contributed by atoms with van der Waals surface area (Å²) in [5.41, 5.74) is 2.02. The van der Waals surface area contributed by atoms with Crippen LogP contribution in [-0.4, -0.2) is 10.2 Å². The largest absolute Gasteiger partial charge is 0.285 e. The number of nitrogens with one attached hydrogen (secondary N) is 1. The second-order valence-corrected chi connectivity index (χ2v) is 2.91. The fourth-order valence-corrected chi connectivity index (χ4v) is 1.26. The van der Waals surface area contributed by atoms with Gasteiger partial charge >= 0.3 is 0 Å². The van der Waals surface area contributed by atoms with Crippen LogP contribution in [-0.2, 0) is 6.42 Å². The van der Waals surface area contributed by atoms with Gasteiger partial charge in [-0.05, 0) is 23.3 Å². The van der Waals surface area contributed by atoms with E-state index in [0.717, 1.165) is 11.1 Å². The molecule has 1 N–H and O–H groups in total. The highest BCUT2D eigenvalue weighted by molar-refractivity contribution is 5.22. The maximum absolute atomic E-state index is 12.8. The molecule has 3 heteroatoms. The van der Waals surface area contributed by atoms with Crippen LogP contribution in [0.25, 0.3) is 0 Å². The molecule has 66 valence electrons. The summed E-state index contributed by atoms with van der Waals surface area (Å²) in [6.07, 6.45) is 4.27. The average molecular weight is 176 g/mol. The molecule has 2 aromatic rings. The number of H-pyrrole nitrogens is 1. The van der Waals surface area contributed by atoms with Gasteiger partial charge in [-0.25, -0.2) is 4.39 Å². The third kappa shape index (κ3) is 1.93. The van der Waals surface area contributed by atoms with Crippen LogP contribution in [0.3, 0.4) is 0 Å². The summed E-state index contributed by atoms with van der Waals surface area (Å²) in [7, 11) is 0. The highest BCUT2D eigenvalue weighted by Crippen LogP contribution is 2.08. The van der Waals surface area contributed by atoms with Crippen LogP contribution in [0, 0.1) is 5.82 Å². The van der Waals surface area contributed by atoms with Crippen molar-refractivity contribution in [2.75, 3.05) is 0 Å². The SMILES string of the molecule is Fc1cccc(Cc2cn[nH]c2)c1. The quantitative estimate of drug-likeness (QED) is 0.746. The molecule has 0 aliphatic rings. The zero-order valence-electron chi connectivity index (χ0n) is 7.00. The summed E-state index contributed by atoms with van der Waals surface area (Å²) in [5.74, 6) is -0.194. The maximum atomic E-state index is 12.8. The first-order valence-electron chi connectivity index (χ1n) is 4.07. The highest BCUT2D eigenvalue weighted by atomic mass is 19.1. The van der Waals surface area contributed by atoms with Crippen LogP contribution in [0.1, 0.15) is 11.1 Å². The van der Waals surface area contributed by atoms with E-state index >= 15 is 0 Å². The van der Waals surface area contributed by atoms with E-state index in [4.69, 9.17) is 0 Å². The summed E-state index contributed by atoms with van der Waals surface area (Å²) in [5, 5.41) is 6.54. The standard InChI is InChI=1S/C10H9FN2/c11-10-3-1-2-8(5-10)4-9-6-12-13-7-9/h1-3,5-7H,4H2,(H,12,13). The molecule has 0 saturated carbocycles. The molecule has 0 atom stereocenters. The number of aromatic amines is 1. The Hall–Kier alpha value is -1.64. The van der Waals surface area contributed by atoms with E-state index in [1.165, 1.54) is 12.1 Å². The Morgan fingerprint density at radius 3 is 2.92 bits per heavy atom. The molecule has 0 bridgehead atoms. The number of nitrogens with zero attached hydrogens (tertiary/aromatic N) is 1. The van der Waals surface area contributed by atoms with Gasteiger partial charge in [-0.15, -0.1) is 0 Å². The molecule has 2 nitrogen and oxygen atoms in total. The van der Waals surface area contributed by atoms with Crippen LogP contribution in [0.4, 0.5) is 4.39 Å². The van der Waals surface area contributed by atoms with Gasteiger partial charge < -0.3 is 0 Å². The zero-order valence-corrected chi connectivity index (χ0v) is 7.00. The van der Waals surface area contributed by atoms with Crippen molar-refractivity contribution in [2.24, 2.45) is 0 Å². The molecule has 0 saturated heterocycles. The summed E-state index contributed by atoms with van der Waals surface area (Å²) in [6.45, 7) is 0. The van der Waals surface area contributed by atoms with E-state index in [0.29, 0.717) is 6.42 Å². The molecular formula is C10H9FN2. The number of halogens is 1. The summed E-state index contributed by atoms with van der Waals surface area (Å²) < 4.78 is 12.8. The van der Waals surface area contributed by atoms with Gasteiger partial charge in [0.2, 0.25) is 0 Å². The lowest BCUT2D eigenvalue weighted by Gasteiger charge is -1.97. The lowest BCUT2D eigenvalue weighted by atomic mass is 10.1. The third-order valence-corrected chi connectivity index (χ3v) is 1.85. The highest BCUT2D eigenvalue weighted by Gasteiger charge is 1.97. The topological polar surface area (TPSA) is 28.7 Å². The maximum Gasteiger partial charge on any atom is 0.123 e. The second kappa shape index (κ2) is 3.39. The van der Waals surface area contributed by atoms with E-state index in [1.54, 1.807) is 12.3 Å². The van der Waals surface area contributed by atoms with E-state index in [2.05, 4.69) is 10.2 Å². The van der Waals surface area contributed by atoms with Crippen LogP contribution in [0.5, 0.6) is 0 Å². The normalized spacial score (nSPS) is 10.2. The summed E-state index contributed by atoms with van der Waals surface area (Å²) >= 11 is 0. The van der Waals surface area contributed by atoms with Gasteiger partial charge in [-0.3, -0.25) is 5.10 Å². The van der Waals surface area contributed by atoms with Gasteiger partial charge in [0.25, 0.3) is 0 Å². The molecule has 13 heavy (non-hydrogen) atoms. The van der Waals surface area contributed by atoms with Crippen LogP contribution in [0.15, 0.2) is 36.7 Å². The molecule has 0 radical (unpaired) electrons. The smallest absolute Gasteiger partial charge is 0.123 e. The molecular weight excluding hydrogens is 167 g/mol. The Kier molecular flexibility index (Phi) is 2.08. The van der Waals surface area contributed by atoms with E-state index in [1.807, 2.05) is 12.3 Å². The number of aromatic nitrogens is 2. The van der Waals surface area contributed by atoms with E-state index in [-0.39, 0.29) is 5.82 Å². The lowest BCUT2D eigenvalue weighted by molar-refractivity contribution is 0.626. The van der Waals surface area contributed by atoms with Gasteiger partial charge in [-0.2, -0.15) is 5.10 Å². The molecule has 1 heterocycles. The molecule has 2 rings (SSSR count). The molecule has 0 aliphatic heterocycles. The molecule has 1 aromatic heterocycles. The van der Waals surface area contributed by atoms with Crippen molar-refractivity contribution in [3.05, 3.63) is 53.6 Å². The molecule has 0 fully saturated rings. The summed E-state index contributed by atoms with van der Waals surface area (Å²) in [4.78, 5) is 0. The average Bonchev–Trinajstić information content (AvgIpc) is 2.57. The van der Waals surface area contributed by atoms with Gasteiger partial charge in [0.05, 0.1) is 6.20 Å². The number of benzene rings is 1. The first kappa shape index (κ1) is 7.98. The fourth-order valence-electron chi connectivity index (χ4n) is 1.26. The Morgan fingerprint density at radius 1 is 1.31 bits per heavy atom. The minimum absolute atomic E-state index is 0.194. The number of hydrogen-bond donors (Lipinski definition) is 1. The molecule has 0 spiro atoms. The minimum atomic E-state index is -0.194. The molecule has 0 aliphatic carbocycles. The minimum Gasteiger partial charge on any atom is -0.285 e. The lowest BCUT2D eigenvalue weighted by Crippen LogP contribution is -1.86. The predicted octanol–water partition coefficient (Wildman–Crippen LogP) is 2.14. The van der Waals surface area contributed by atoms with Gasteiger partial charge in [0.15, 0.2) is 0 Å². The molecule has 0 unspecified atom stereocenters. The first-order chi connectivity index (χ1) is 6.34. The van der Waals surface area contributed by atoms with Crippen LogP contribution < -0.4 is 0 Å². The van der Waals surface area contributed by atoms with Crippen molar-refractivity contribution in [3.63, 3.8) is 0 Å². The zero-order chi connectivity index (χ0) is 9.10. The van der Waals surface area contributed by atoms with Gasteiger partial charge in [-0.1, -0.05) is 12.1 Å². The molecule has 1 aromatic carbocycles. The Balaban J connectivity index is 2.19. The second-order valence-electron chi connectivity index (χ2n) is 2.91. The number of rotatable bonds is 2. The molecule has 0 amide bonds. The third-order valence-electron chi connectivity index (χ3n) is 1.85. The van der Waals surface area contributed by atoms with Crippen molar-refractivity contribution in [3.8, 4) is 0 Å². The summed E-state index contributed by atoms with van der Waals surface area (Å²) in [6, 6.07) is 6.59. The van der Waals surface area contributed by atoms with Crippen molar-refractivity contribution in [2.45, 2.75) is 6.42 Å².